The summed E-state index contributed by atoms with van der Waals surface area (Å²) in [6, 6.07) is 6.51. The molecule has 0 spiro atoms. The molecule has 0 aliphatic rings. The van der Waals surface area contributed by atoms with Crippen LogP contribution in [0.25, 0.3) is 0 Å². The molecule has 2 nitrogen and oxygen atoms in total. The summed E-state index contributed by atoms with van der Waals surface area (Å²) in [6.07, 6.45) is 3.58. The maximum Gasteiger partial charge on any atom is 0.122 e. The Morgan fingerprint density at radius 2 is 1.94 bits per heavy atom. The summed E-state index contributed by atoms with van der Waals surface area (Å²) < 4.78 is 5.94. The first-order chi connectivity index (χ1) is 8.65. The van der Waals surface area contributed by atoms with Crippen molar-refractivity contribution >= 4 is 0 Å². The number of benzene rings is 1. The Labute approximate surface area is 112 Å². The molecule has 1 aromatic carbocycles. The van der Waals surface area contributed by atoms with Gasteiger partial charge in [-0.15, -0.1) is 0 Å². The van der Waals surface area contributed by atoms with Gasteiger partial charge in [0.2, 0.25) is 0 Å². The van der Waals surface area contributed by atoms with Gasteiger partial charge in [0.15, 0.2) is 0 Å². The summed E-state index contributed by atoms with van der Waals surface area (Å²) in [4.78, 5) is 0. The van der Waals surface area contributed by atoms with E-state index in [4.69, 9.17) is 4.74 Å². The van der Waals surface area contributed by atoms with Gasteiger partial charge < -0.3 is 10.1 Å². The zero-order valence-electron chi connectivity index (χ0n) is 12.3. The second-order valence-corrected chi connectivity index (χ2v) is 5.21. The first-order valence-corrected chi connectivity index (χ1v) is 7.03. The van der Waals surface area contributed by atoms with Crippen LogP contribution in [0.3, 0.4) is 0 Å². The first kappa shape index (κ1) is 15.0. The van der Waals surface area contributed by atoms with Crippen LogP contribution in [0.15, 0.2) is 18.2 Å². The van der Waals surface area contributed by atoms with E-state index in [-0.39, 0.29) is 0 Å². The largest absolute Gasteiger partial charge is 0.493 e. The summed E-state index contributed by atoms with van der Waals surface area (Å²) in [6.45, 7) is 8.47. The molecule has 0 saturated carbocycles. The van der Waals surface area contributed by atoms with Crippen LogP contribution in [0.2, 0.25) is 0 Å². The second kappa shape index (κ2) is 8.15. The zero-order valence-corrected chi connectivity index (χ0v) is 12.3. The molecule has 0 amide bonds. The lowest BCUT2D eigenvalue weighted by Crippen LogP contribution is -2.08. The van der Waals surface area contributed by atoms with Crippen molar-refractivity contribution in [2.75, 3.05) is 20.2 Å². The lowest BCUT2D eigenvalue weighted by Gasteiger charge is -2.14. The smallest absolute Gasteiger partial charge is 0.122 e. The van der Waals surface area contributed by atoms with Crippen molar-refractivity contribution in [3.8, 4) is 5.75 Å². The summed E-state index contributed by atoms with van der Waals surface area (Å²) >= 11 is 0. The van der Waals surface area contributed by atoms with Crippen molar-refractivity contribution < 1.29 is 4.74 Å². The third-order valence-electron chi connectivity index (χ3n) is 3.12. The van der Waals surface area contributed by atoms with Gasteiger partial charge in [-0.25, -0.2) is 0 Å². The Morgan fingerprint density at radius 3 is 2.61 bits per heavy atom. The van der Waals surface area contributed by atoms with Gasteiger partial charge in [-0.3, -0.25) is 0 Å². The van der Waals surface area contributed by atoms with Gasteiger partial charge in [0.05, 0.1) is 6.61 Å². The van der Waals surface area contributed by atoms with Crippen LogP contribution in [0.4, 0.5) is 0 Å². The van der Waals surface area contributed by atoms with Crippen LogP contribution in [0, 0.1) is 6.92 Å². The minimum atomic E-state index is 0.518. The highest BCUT2D eigenvalue weighted by Crippen LogP contribution is 2.27. The summed E-state index contributed by atoms with van der Waals surface area (Å²) in [5, 5.41) is 3.17. The second-order valence-electron chi connectivity index (χ2n) is 5.21. The number of ether oxygens (including phenoxy) is 1. The van der Waals surface area contributed by atoms with Gasteiger partial charge >= 0.3 is 0 Å². The molecule has 2 heteroatoms. The lowest BCUT2D eigenvalue weighted by atomic mass is 10.0. The topological polar surface area (TPSA) is 21.3 Å². The third-order valence-corrected chi connectivity index (χ3v) is 3.12. The SMILES string of the molecule is CNCCCCCOc1cc(C)ccc1C(C)C. The van der Waals surface area contributed by atoms with E-state index in [9.17, 15) is 0 Å². The van der Waals surface area contributed by atoms with E-state index in [1.165, 1.54) is 24.0 Å². The Bertz CT molecular complexity index is 347. The molecule has 0 heterocycles. The van der Waals surface area contributed by atoms with E-state index in [2.05, 4.69) is 44.3 Å². The molecule has 0 aliphatic heterocycles. The number of hydrogen-bond donors (Lipinski definition) is 1. The highest BCUT2D eigenvalue weighted by molar-refractivity contribution is 5.39. The molecule has 0 fully saturated rings. The molecular formula is C16H27NO. The Morgan fingerprint density at radius 1 is 1.17 bits per heavy atom. The molecule has 0 unspecified atom stereocenters. The number of aryl methyl sites for hydroxylation is 1. The average molecular weight is 249 g/mol. The normalized spacial score (nSPS) is 10.9. The van der Waals surface area contributed by atoms with E-state index < -0.39 is 0 Å². The molecule has 102 valence electrons. The van der Waals surface area contributed by atoms with Crippen molar-refractivity contribution in [1.29, 1.82) is 0 Å². The zero-order chi connectivity index (χ0) is 13.4. The van der Waals surface area contributed by atoms with E-state index in [1.807, 2.05) is 7.05 Å². The Balaban J connectivity index is 2.43. The predicted molar refractivity (Wildman–Crippen MR) is 78.5 cm³/mol. The minimum Gasteiger partial charge on any atom is -0.493 e. The molecular weight excluding hydrogens is 222 g/mol. The Kier molecular flexibility index (Phi) is 6.81. The van der Waals surface area contributed by atoms with Gasteiger partial charge in [-0.05, 0) is 62.9 Å². The lowest BCUT2D eigenvalue weighted by molar-refractivity contribution is 0.301. The first-order valence-electron chi connectivity index (χ1n) is 7.03. The fourth-order valence-corrected chi connectivity index (χ4v) is 2.01. The average Bonchev–Trinajstić information content (AvgIpc) is 2.33. The van der Waals surface area contributed by atoms with Crippen molar-refractivity contribution in [3.05, 3.63) is 29.3 Å². The molecule has 0 saturated heterocycles. The van der Waals surface area contributed by atoms with E-state index in [0.717, 1.165) is 25.3 Å². The van der Waals surface area contributed by atoms with Crippen molar-refractivity contribution in [2.24, 2.45) is 0 Å². The Hall–Kier alpha value is -1.02. The third kappa shape index (κ3) is 5.09. The maximum atomic E-state index is 5.94. The van der Waals surface area contributed by atoms with Crippen LogP contribution in [-0.2, 0) is 0 Å². The molecule has 18 heavy (non-hydrogen) atoms. The maximum absolute atomic E-state index is 5.94. The monoisotopic (exact) mass is 249 g/mol. The van der Waals surface area contributed by atoms with Crippen LogP contribution in [0.1, 0.15) is 50.2 Å². The van der Waals surface area contributed by atoms with Gasteiger partial charge in [-0.2, -0.15) is 0 Å². The van der Waals surface area contributed by atoms with Gasteiger partial charge in [0, 0.05) is 0 Å². The van der Waals surface area contributed by atoms with Gasteiger partial charge in [0.25, 0.3) is 0 Å². The van der Waals surface area contributed by atoms with Crippen LogP contribution in [-0.4, -0.2) is 20.2 Å². The standard InChI is InChI=1S/C16H27NO/c1-13(2)15-9-8-14(3)12-16(15)18-11-7-5-6-10-17-4/h8-9,12-13,17H,5-7,10-11H2,1-4H3. The molecule has 0 aliphatic carbocycles. The van der Waals surface area contributed by atoms with Crippen molar-refractivity contribution in [2.45, 2.75) is 46.0 Å². The molecule has 0 atom stereocenters. The van der Waals surface area contributed by atoms with E-state index in [0.29, 0.717) is 5.92 Å². The number of rotatable bonds is 8. The van der Waals surface area contributed by atoms with E-state index >= 15 is 0 Å². The molecule has 0 radical (unpaired) electrons. The molecule has 1 N–H and O–H groups in total. The predicted octanol–water partition coefficient (Wildman–Crippen LogP) is 3.89. The number of nitrogens with one attached hydrogen (secondary N) is 1. The van der Waals surface area contributed by atoms with E-state index in [1.54, 1.807) is 0 Å². The molecule has 1 rings (SSSR count). The van der Waals surface area contributed by atoms with Crippen LogP contribution >= 0.6 is 0 Å². The van der Waals surface area contributed by atoms with Gasteiger partial charge in [-0.1, -0.05) is 26.0 Å². The summed E-state index contributed by atoms with van der Waals surface area (Å²) in [5.74, 6) is 1.59. The highest BCUT2D eigenvalue weighted by atomic mass is 16.5. The molecule has 0 bridgehead atoms. The summed E-state index contributed by atoms with van der Waals surface area (Å²) in [5.41, 5.74) is 2.58. The highest BCUT2D eigenvalue weighted by Gasteiger charge is 2.07. The fraction of sp³-hybridized carbons (Fsp3) is 0.625. The van der Waals surface area contributed by atoms with Crippen LogP contribution < -0.4 is 10.1 Å². The van der Waals surface area contributed by atoms with Crippen molar-refractivity contribution in [3.63, 3.8) is 0 Å². The van der Waals surface area contributed by atoms with Gasteiger partial charge in [0.1, 0.15) is 5.75 Å². The minimum absolute atomic E-state index is 0.518. The van der Waals surface area contributed by atoms with Crippen LogP contribution in [0.5, 0.6) is 5.75 Å². The fourth-order valence-electron chi connectivity index (χ4n) is 2.01. The number of hydrogen-bond acceptors (Lipinski definition) is 2. The molecule has 0 aromatic heterocycles. The molecule has 1 aromatic rings. The number of unbranched alkanes of at least 4 members (excludes halogenated alkanes) is 2. The summed E-state index contributed by atoms with van der Waals surface area (Å²) in [7, 11) is 2.00. The quantitative estimate of drug-likeness (QED) is 0.706. The van der Waals surface area contributed by atoms with Crippen molar-refractivity contribution in [1.82, 2.24) is 5.32 Å².